The molecule has 1 aromatic heterocycles. The lowest BCUT2D eigenvalue weighted by Crippen LogP contribution is -2.44. The summed E-state index contributed by atoms with van der Waals surface area (Å²) in [5.74, 6) is -2.25. The van der Waals surface area contributed by atoms with Crippen molar-refractivity contribution in [3.05, 3.63) is 72.1 Å². The van der Waals surface area contributed by atoms with Crippen molar-refractivity contribution in [2.45, 2.75) is 24.4 Å². The van der Waals surface area contributed by atoms with Crippen molar-refractivity contribution < 1.29 is 27.5 Å². The van der Waals surface area contributed by atoms with E-state index >= 15 is 0 Å². The van der Waals surface area contributed by atoms with E-state index in [1.165, 1.54) is 17.0 Å². The number of nitrogens with zero attached hydrogens (tertiary/aromatic N) is 2. The molecule has 2 amide bonds. The first kappa shape index (κ1) is 19.7. The van der Waals surface area contributed by atoms with Crippen molar-refractivity contribution in [3.63, 3.8) is 0 Å². The summed E-state index contributed by atoms with van der Waals surface area (Å²) in [5.41, 5.74) is -0.838. The molecular weight excluding hydrogens is 411 g/mol. The summed E-state index contributed by atoms with van der Waals surface area (Å²) < 4.78 is 45.4. The SMILES string of the molecule is O=C(NCc1ccncc1)[C@@H]1[C@H]2C=C[C@]3(CN(c4cccc(C(F)(F)F)c4)C(=O)[C@@H]13)O2. The van der Waals surface area contributed by atoms with E-state index in [1.54, 1.807) is 36.7 Å². The van der Waals surface area contributed by atoms with Crippen LogP contribution in [0.3, 0.4) is 0 Å². The fourth-order valence-electron chi connectivity index (χ4n) is 4.67. The van der Waals surface area contributed by atoms with Crippen molar-refractivity contribution in [1.29, 1.82) is 0 Å². The Morgan fingerprint density at radius 3 is 2.77 bits per heavy atom. The average Bonchev–Trinajstić information content (AvgIpc) is 3.40. The molecule has 6 nitrogen and oxygen atoms in total. The molecule has 3 aliphatic rings. The number of benzene rings is 1. The molecule has 4 atom stereocenters. The third kappa shape index (κ3) is 3.20. The lowest BCUT2D eigenvalue weighted by atomic mass is 9.77. The first-order valence-corrected chi connectivity index (χ1v) is 9.81. The van der Waals surface area contributed by atoms with Gasteiger partial charge >= 0.3 is 6.18 Å². The molecule has 3 aliphatic heterocycles. The Morgan fingerprint density at radius 1 is 1.26 bits per heavy atom. The topological polar surface area (TPSA) is 71.5 Å². The van der Waals surface area contributed by atoms with Gasteiger partial charge in [0, 0.05) is 24.6 Å². The second-order valence-electron chi connectivity index (χ2n) is 7.95. The number of halogens is 3. The first-order valence-electron chi connectivity index (χ1n) is 9.81. The molecule has 1 aromatic carbocycles. The van der Waals surface area contributed by atoms with E-state index < -0.39 is 41.2 Å². The van der Waals surface area contributed by atoms with Gasteiger partial charge in [-0.1, -0.05) is 18.2 Å². The molecule has 5 rings (SSSR count). The van der Waals surface area contributed by atoms with Crippen LogP contribution in [0.5, 0.6) is 0 Å². The number of fused-ring (bicyclic) bond motifs is 1. The molecule has 31 heavy (non-hydrogen) atoms. The van der Waals surface area contributed by atoms with Gasteiger partial charge in [-0.2, -0.15) is 13.2 Å². The van der Waals surface area contributed by atoms with Gasteiger partial charge in [-0.3, -0.25) is 14.6 Å². The molecule has 9 heteroatoms. The molecule has 0 saturated carbocycles. The van der Waals surface area contributed by atoms with Gasteiger partial charge in [0.1, 0.15) is 5.60 Å². The fourth-order valence-corrected chi connectivity index (χ4v) is 4.67. The zero-order valence-corrected chi connectivity index (χ0v) is 16.2. The van der Waals surface area contributed by atoms with Gasteiger partial charge in [0.05, 0.1) is 30.0 Å². The van der Waals surface area contributed by atoms with Gasteiger partial charge in [-0.15, -0.1) is 0 Å². The average molecular weight is 429 g/mol. The highest BCUT2D eigenvalue weighted by molar-refractivity contribution is 6.03. The van der Waals surface area contributed by atoms with Crippen LogP contribution in [0.25, 0.3) is 0 Å². The molecule has 4 heterocycles. The van der Waals surface area contributed by atoms with Gasteiger partial charge in [0.15, 0.2) is 0 Å². The minimum atomic E-state index is -4.52. The minimum absolute atomic E-state index is 0.0684. The number of carbonyl (C=O) groups is 2. The van der Waals surface area contributed by atoms with Crippen LogP contribution in [0.1, 0.15) is 11.1 Å². The van der Waals surface area contributed by atoms with Gasteiger partial charge in [-0.25, -0.2) is 0 Å². The van der Waals surface area contributed by atoms with E-state index in [2.05, 4.69) is 10.3 Å². The summed E-state index contributed by atoms with van der Waals surface area (Å²) in [6, 6.07) is 8.18. The number of rotatable bonds is 4. The maximum absolute atomic E-state index is 13.3. The molecule has 1 spiro atoms. The van der Waals surface area contributed by atoms with Gasteiger partial charge in [-0.05, 0) is 35.9 Å². The summed E-state index contributed by atoms with van der Waals surface area (Å²) in [6.07, 6.45) is 1.71. The number of carbonyl (C=O) groups excluding carboxylic acids is 2. The second kappa shape index (κ2) is 6.91. The highest BCUT2D eigenvalue weighted by Crippen LogP contribution is 2.52. The van der Waals surface area contributed by atoms with Crippen LogP contribution >= 0.6 is 0 Å². The molecule has 2 fully saturated rings. The number of alkyl halides is 3. The number of hydrogen-bond acceptors (Lipinski definition) is 4. The Bertz CT molecular complexity index is 1070. The standard InChI is InChI=1S/C22H18F3N3O3/c23-22(24,25)14-2-1-3-15(10-14)28-12-21-7-4-16(31-21)17(18(21)20(28)30)19(29)27-11-13-5-8-26-9-6-13/h1-10,16-18H,11-12H2,(H,27,29)/t16-,17-,18-,21-/m1/s1. The van der Waals surface area contributed by atoms with Crippen LogP contribution < -0.4 is 10.2 Å². The number of ether oxygens (including phenoxy) is 1. The fraction of sp³-hybridized carbons (Fsp3) is 0.318. The van der Waals surface area contributed by atoms with E-state index in [0.717, 1.165) is 17.7 Å². The third-order valence-corrected chi connectivity index (χ3v) is 6.10. The number of amides is 2. The van der Waals surface area contributed by atoms with E-state index in [1.807, 2.05) is 0 Å². The summed E-state index contributed by atoms with van der Waals surface area (Å²) >= 11 is 0. The smallest absolute Gasteiger partial charge is 0.360 e. The van der Waals surface area contributed by atoms with Crippen molar-refractivity contribution in [3.8, 4) is 0 Å². The number of hydrogen-bond donors (Lipinski definition) is 1. The molecule has 2 aromatic rings. The minimum Gasteiger partial charge on any atom is -0.360 e. The maximum Gasteiger partial charge on any atom is 0.416 e. The van der Waals surface area contributed by atoms with E-state index in [4.69, 9.17) is 4.74 Å². The predicted octanol–water partition coefficient (Wildman–Crippen LogP) is 2.70. The number of nitrogens with one attached hydrogen (secondary N) is 1. The molecule has 1 N–H and O–H groups in total. The van der Waals surface area contributed by atoms with Crippen molar-refractivity contribution in [1.82, 2.24) is 10.3 Å². The van der Waals surface area contributed by atoms with Gasteiger partial charge in [0.2, 0.25) is 11.8 Å². The normalized spacial score (nSPS) is 28.8. The zero-order chi connectivity index (χ0) is 21.8. The van der Waals surface area contributed by atoms with Crippen molar-refractivity contribution in [2.24, 2.45) is 11.8 Å². The Balaban J connectivity index is 1.39. The van der Waals surface area contributed by atoms with Crippen LogP contribution in [-0.4, -0.2) is 35.0 Å². The number of anilines is 1. The lowest BCUT2D eigenvalue weighted by Gasteiger charge is -2.23. The van der Waals surface area contributed by atoms with Gasteiger partial charge < -0.3 is 15.0 Å². The second-order valence-corrected chi connectivity index (χ2v) is 7.95. The summed E-state index contributed by atoms with van der Waals surface area (Å²) in [7, 11) is 0. The third-order valence-electron chi connectivity index (χ3n) is 6.10. The highest BCUT2D eigenvalue weighted by atomic mass is 19.4. The summed E-state index contributed by atoms with van der Waals surface area (Å²) in [6.45, 7) is 0.346. The lowest BCUT2D eigenvalue weighted by molar-refractivity contribution is -0.137. The highest BCUT2D eigenvalue weighted by Gasteiger charge is 2.67. The maximum atomic E-state index is 13.3. The molecule has 0 aliphatic carbocycles. The quantitative estimate of drug-likeness (QED) is 0.759. The predicted molar refractivity (Wildman–Crippen MR) is 104 cm³/mol. The van der Waals surface area contributed by atoms with Gasteiger partial charge in [0.25, 0.3) is 0 Å². The van der Waals surface area contributed by atoms with Crippen molar-refractivity contribution in [2.75, 3.05) is 11.4 Å². The van der Waals surface area contributed by atoms with E-state index in [-0.39, 0.29) is 24.7 Å². The summed E-state index contributed by atoms with van der Waals surface area (Å²) in [5, 5.41) is 2.84. The van der Waals surface area contributed by atoms with E-state index in [9.17, 15) is 22.8 Å². The number of aromatic nitrogens is 1. The Kier molecular flexibility index (Phi) is 4.40. The Hall–Kier alpha value is -3.20. The molecule has 160 valence electrons. The largest absolute Gasteiger partial charge is 0.416 e. The molecule has 0 radical (unpaired) electrons. The monoisotopic (exact) mass is 429 g/mol. The van der Waals surface area contributed by atoms with Crippen LogP contribution in [0, 0.1) is 11.8 Å². The molecule has 2 bridgehead atoms. The Labute approximate surface area is 175 Å². The van der Waals surface area contributed by atoms with Crippen molar-refractivity contribution >= 4 is 17.5 Å². The Morgan fingerprint density at radius 2 is 2.03 bits per heavy atom. The first-order chi connectivity index (χ1) is 14.8. The molecular formula is C22H18F3N3O3. The molecule has 0 unspecified atom stereocenters. The van der Waals surface area contributed by atoms with Crippen LogP contribution in [0.4, 0.5) is 18.9 Å². The molecule has 2 saturated heterocycles. The number of pyridine rings is 1. The van der Waals surface area contributed by atoms with Crippen LogP contribution in [0.15, 0.2) is 60.9 Å². The van der Waals surface area contributed by atoms with Crippen LogP contribution in [-0.2, 0) is 27.0 Å². The summed E-state index contributed by atoms with van der Waals surface area (Å²) in [4.78, 5) is 31.4. The van der Waals surface area contributed by atoms with Crippen LogP contribution in [0.2, 0.25) is 0 Å². The van der Waals surface area contributed by atoms with E-state index in [0.29, 0.717) is 0 Å². The zero-order valence-electron chi connectivity index (χ0n) is 16.2.